The normalized spacial score (nSPS) is 19.5. The molecule has 0 aromatic heterocycles. The van der Waals surface area contributed by atoms with Crippen molar-refractivity contribution in [3.63, 3.8) is 0 Å². The largest absolute Gasteiger partial charge is 0.445 e. The molecule has 2 amide bonds. The van der Waals surface area contributed by atoms with Gasteiger partial charge >= 0.3 is 6.09 Å². The van der Waals surface area contributed by atoms with Gasteiger partial charge in [0.15, 0.2) is 12.3 Å². The summed E-state index contributed by atoms with van der Waals surface area (Å²) >= 11 is 0. The van der Waals surface area contributed by atoms with E-state index in [0.29, 0.717) is 6.54 Å². The van der Waals surface area contributed by atoms with E-state index in [0.717, 1.165) is 11.1 Å². The average Bonchev–Trinajstić information content (AvgIpc) is 2.64. The van der Waals surface area contributed by atoms with Gasteiger partial charge in [0.25, 0.3) is 5.91 Å². The van der Waals surface area contributed by atoms with Gasteiger partial charge in [-0.1, -0.05) is 60.7 Å². The van der Waals surface area contributed by atoms with Gasteiger partial charge in [0.1, 0.15) is 6.61 Å². The fourth-order valence-electron chi connectivity index (χ4n) is 2.51. The summed E-state index contributed by atoms with van der Waals surface area (Å²) in [6.07, 6.45) is -1.78. The Morgan fingerprint density at radius 1 is 1.04 bits per heavy atom. The van der Waals surface area contributed by atoms with Crippen LogP contribution in [0.1, 0.15) is 11.1 Å². The van der Waals surface area contributed by atoms with E-state index < -0.39 is 18.4 Å². The highest BCUT2D eigenvalue weighted by molar-refractivity contribution is 5.91. The molecule has 6 nitrogen and oxygen atoms in total. The van der Waals surface area contributed by atoms with Crippen LogP contribution in [0.3, 0.4) is 0 Å². The number of carbonyl (C=O) groups excluding carboxylic acids is 2. The molecule has 1 saturated heterocycles. The fourth-order valence-corrected chi connectivity index (χ4v) is 2.51. The molecule has 0 saturated carbocycles. The maximum atomic E-state index is 12.1. The Labute approximate surface area is 139 Å². The zero-order valence-electron chi connectivity index (χ0n) is 13.0. The number of nitrogens with one attached hydrogen (secondary N) is 1. The van der Waals surface area contributed by atoms with Crippen molar-refractivity contribution in [2.75, 3.05) is 0 Å². The summed E-state index contributed by atoms with van der Waals surface area (Å²) in [5, 5.41) is 12.5. The highest BCUT2D eigenvalue weighted by Crippen LogP contribution is 2.21. The number of carbonyl (C=O) groups is 2. The Morgan fingerprint density at radius 3 is 2.21 bits per heavy atom. The molecule has 0 aliphatic carbocycles. The van der Waals surface area contributed by atoms with Crippen LogP contribution in [0.25, 0.3) is 0 Å². The Hall–Kier alpha value is -2.86. The van der Waals surface area contributed by atoms with Crippen LogP contribution in [0, 0.1) is 0 Å². The number of hydrogen-bond acceptors (Lipinski definition) is 4. The van der Waals surface area contributed by atoms with Crippen molar-refractivity contribution in [3.8, 4) is 0 Å². The fraction of sp³-hybridized carbons (Fsp3) is 0.222. The van der Waals surface area contributed by atoms with Crippen LogP contribution >= 0.6 is 0 Å². The lowest BCUT2D eigenvalue weighted by molar-refractivity contribution is -0.174. The van der Waals surface area contributed by atoms with E-state index in [1.54, 1.807) is 0 Å². The van der Waals surface area contributed by atoms with Gasteiger partial charge in [-0.15, -0.1) is 0 Å². The molecule has 2 N–H and O–H groups in total. The summed E-state index contributed by atoms with van der Waals surface area (Å²) < 4.78 is 5.05. The zero-order valence-corrected chi connectivity index (χ0v) is 13.0. The SMILES string of the molecule is O=C(N[C@@H]1C(=O)N(Cc2ccccc2)[C@@H]1O)OCc1ccccc1. The first-order chi connectivity index (χ1) is 11.6. The predicted octanol–water partition coefficient (Wildman–Crippen LogP) is 1.64. The molecule has 0 unspecified atom stereocenters. The molecule has 1 aliphatic heterocycles. The van der Waals surface area contributed by atoms with Gasteiger partial charge in [-0.2, -0.15) is 0 Å². The van der Waals surface area contributed by atoms with E-state index in [9.17, 15) is 14.7 Å². The summed E-state index contributed by atoms with van der Waals surface area (Å²) in [6.45, 7) is 0.412. The topological polar surface area (TPSA) is 78.9 Å². The molecule has 24 heavy (non-hydrogen) atoms. The summed E-state index contributed by atoms with van der Waals surface area (Å²) in [5.41, 5.74) is 1.76. The Morgan fingerprint density at radius 2 is 1.62 bits per heavy atom. The molecule has 1 heterocycles. The summed E-state index contributed by atoms with van der Waals surface area (Å²) in [7, 11) is 0. The monoisotopic (exact) mass is 326 g/mol. The average molecular weight is 326 g/mol. The minimum Gasteiger partial charge on any atom is -0.445 e. The molecular weight excluding hydrogens is 308 g/mol. The molecule has 0 spiro atoms. The lowest BCUT2D eigenvalue weighted by Crippen LogP contribution is -2.70. The van der Waals surface area contributed by atoms with Crippen LogP contribution in [-0.4, -0.2) is 34.3 Å². The third-order valence-corrected chi connectivity index (χ3v) is 3.85. The molecule has 0 radical (unpaired) electrons. The minimum absolute atomic E-state index is 0.109. The first kappa shape index (κ1) is 16.0. The van der Waals surface area contributed by atoms with Gasteiger partial charge in [0.05, 0.1) is 0 Å². The second-order valence-electron chi connectivity index (χ2n) is 5.55. The van der Waals surface area contributed by atoms with E-state index in [-0.39, 0.29) is 12.5 Å². The number of alkyl carbamates (subject to hydrolysis) is 1. The Bertz CT molecular complexity index is 705. The third kappa shape index (κ3) is 3.55. The van der Waals surface area contributed by atoms with Gasteiger partial charge in [0, 0.05) is 6.54 Å². The molecule has 3 rings (SSSR count). The van der Waals surface area contributed by atoms with Crippen molar-refractivity contribution < 1.29 is 19.4 Å². The van der Waals surface area contributed by atoms with Crippen LogP contribution in [0.5, 0.6) is 0 Å². The number of nitrogens with zero attached hydrogens (tertiary/aromatic N) is 1. The number of likely N-dealkylation sites (tertiary alicyclic amines) is 1. The van der Waals surface area contributed by atoms with Gasteiger partial charge < -0.3 is 20.1 Å². The number of ether oxygens (including phenoxy) is 1. The first-order valence-corrected chi connectivity index (χ1v) is 7.65. The lowest BCUT2D eigenvalue weighted by Gasteiger charge is -2.43. The number of benzene rings is 2. The molecule has 124 valence electrons. The smallest absolute Gasteiger partial charge is 0.408 e. The van der Waals surface area contributed by atoms with Gasteiger partial charge in [-0.05, 0) is 11.1 Å². The van der Waals surface area contributed by atoms with Crippen molar-refractivity contribution in [2.24, 2.45) is 0 Å². The molecule has 1 fully saturated rings. The van der Waals surface area contributed by atoms with Crippen LogP contribution in [0.4, 0.5) is 4.79 Å². The van der Waals surface area contributed by atoms with E-state index in [1.807, 2.05) is 60.7 Å². The van der Waals surface area contributed by atoms with Crippen molar-refractivity contribution >= 4 is 12.0 Å². The maximum absolute atomic E-state index is 12.1. The number of amides is 2. The van der Waals surface area contributed by atoms with Crippen LogP contribution < -0.4 is 5.32 Å². The minimum atomic E-state index is -1.05. The van der Waals surface area contributed by atoms with E-state index >= 15 is 0 Å². The molecule has 6 heteroatoms. The molecule has 0 bridgehead atoms. The molecule has 2 aromatic rings. The summed E-state index contributed by atoms with van der Waals surface area (Å²) in [4.78, 5) is 25.1. The van der Waals surface area contributed by atoms with Crippen molar-refractivity contribution in [2.45, 2.75) is 25.4 Å². The van der Waals surface area contributed by atoms with E-state index in [1.165, 1.54) is 4.90 Å². The lowest BCUT2D eigenvalue weighted by atomic mass is 10.0. The van der Waals surface area contributed by atoms with Gasteiger partial charge in [-0.3, -0.25) is 4.79 Å². The molecular formula is C18H18N2O4. The standard InChI is InChI=1S/C18H18N2O4/c21-16-15(17(22)20(16)11-13-7-3-1-4-8-13)19-18(23)24-12-14-9-5-2-6-10-14/h1-10,15-16,21H,11-12H2,(H,19,23)/t15-,16+/m0/s1. The highest BCUT2D eigenvalue weighted by Gasteiger charge is 2.47. The predicted molar refractivity (Wildman–Crippen MR) is 86.5 cm³/mol. The maximum Gasteiger partial charge on any atom is 0.408 e. The number of aliphatic hydroxyl groups is 1. The Kier molecular flexibility index (Phi) is 4.77. The van der Waals surface area contributed by atoms with Gasteiger partial charge in [-0.25, -0.2) is 4.79 Å². The number of rotatable bonds is 5. The van der Waals surface area contributed by atoms with Crippen molar-refractivity contribution in [1.29, 1.82) is 0 Å². The Balaban J connectivity index is 1.48. The summed E-state index contributed by atoms with van der Waals surface area (Å²) in [6, 6.07) is 17.6. The second-order valence-corrected chi connectivity index (χ2v) is 5.55. The molecule has 2 atom stereocenters. The molecule has 1 aliphatic rings. The zero-order chi connectivity index (χ0) is 16.9. The quantitative estimate of drug-likeness (QED) is 0.819. The van der Waals surface area contributed by atoms with Gasteiger partial charge in [0.2, 0.25) is 0 Å². The van der Waals surface area contributed by atoms with Crippen LogP contribution in [0.15, 0.2) is 60.7 Å². The van der Waals surface area contributed by atoms with E-state index in [4.69, 9.17) is 4.74 Å². The first-order valence-electron chi connectivity index (χ1n) is 7.65. The second kappa shape index (κ2) is 7.14. The van der Waals surface area contributed by atoms with Crippen molar-refractivity contribution in [3.05, 3.63) is 71.8 Å². The number of β-lactam (4-membered cyclic amide) rings is 1. The number of hydrogen-bond donors (Lipinski definition) is 2. The van der Waals surface area contributed by atoms with E-state index in [2.05, 4.69) is 5.32 Å². The van der Waals surface area contributed by atoms with Crippen molar-refractivity contribution in [1.82, 2.24) is 10.2 Å². The third-order valence-electron chi connectivity index (χ3n) is 3.85. The van der Waals surface area contributed by atoms with Crippen LogP contribution in [-0.2, 0) is 22.7 Å². The number of aliphatic hydroxyl groups excluding tert-OH is 1. The van der Waals surface area contributed by atoms with Crippen LogP contribution in [0.2, 0.25) is 0 Å². The highest BCUT2D eigenvalue weighted by atomic mass is 16.5. The molecule has 2 aromatic carbocycles. The summed E-state index contributed by atoms with van der Waals surface area (Å²) in [5.74, 6) is -0.331.